The van der Waals surface area contributed by atoms with Crippen LogP contribution in [0.5, 0.6) is 0 Å². The van der Waals surface area contributed by atoms with Gasteiger partial charge in [0.05, 0.1) is 11.2 Å². The van der Waals surface area contributed by atoms with Crippen LogP contribution in [0.1, 0.15) is 30.7 Å². The lowest BCUT2D eigenvalue weighted by molar-refractivity contribution is 0.459. The molecule has 0 atom stereocenters. The highest BCUT2D eigenvalue weighted by molar-refractivity contribution is 7.10. The van der Waals surface area contributed by atoms with Crippen molar-refractivity contribution in [2.75, 3.05) is 0 Å². The lowest BCUT2D eigenvalue weighted by Crippen LogP contribution is -2.32. The van der Waals surface area contributed by atoms with E-state index in [0.29, 0.717) is 0 Å². The molecule has 0 unspecified atom stereocenters. The predicted octanol–water partition coefficient (Wildman–Crippen LogP) is 3.35. The number of thiazole rings is 1. The summed E-state index contributed by atoms with van der Waals surface area (Å²) in [7, 11) is 0. The molecular weight excluding hydrogens is 266 g/mol. The summed E-state index contributed by atoms with van der Waals surface area (Å²) in [4.78, 5) is 8.81. The van der Waals surface area contributed by atoms with Gasteiger partial charge in [-0.1, -0.05) is 12.8 Å². The molecule has 96 valence electrons. The van der Waals surface area contributed by atoms with E-state index in [9.17, 15) is 0 Å². The van der Waals surface area contributed by atoms with E-state index in [4.69, 9.17) is 5.73 Å². The second-order valence-electron chi connectivity index (χ2n) is 4.64. The lowest BCUT2D eigenvalue weighted by atomic mass is 10.0. The fourth-order valence-corrected chi connectivity index (χ4v) is 3.37. The zero-order valence-corrected chi connectivity index (χ0v) is 11.6. The van der Waals surface area contributed by atoms with E-state index < -0.39 is 0 Å². The van der Waals surface area contributed by atoms with Crippen molar-refractivity contribution in [2.24, 2.45) is 5.73 Å². The average molecular weight is 282 g/mol. The van der Waals surface area contributed by atoms with Gasteiger partial charge in [-0.2, -0.15) is 0 Å². The summed E-state index contributed by atoms with van der Waals surface area (Å²) in [5, 5.41) is 3.16. The minimum atomic E-state index is -0.175. The molecule has 0 amide bonds. The van der Waals surface area contributed by atoms with Crippen LogP contribution in [-0.4, -0.2) is 9.97 Å². The van der Waals surface area contributed by atoms with Gasteiger partial charge in [0.15, 0.2) is 0 Å². The Morgan fingerprint density at radius 3 is 2.72 bits per heavy atom. The minimum Gasteiger partial charge on any atom is -0.319 e. The molecule has 2 N–H and O–H groups in total. The molecule has 0 bridgehead atoms. The summed E-state index contributed by atoms with van der Waals surface area (Å²) < 4.78 is 0. The Hall–Kier alpha value is -0.970. The Labute approximate surface area is 117 Å². The van der Waals surface area contributed by atoms with E-state index in [2.05, 4.69) is 15.3 Å². The molecule has 3 nitrogen and oxygen atoms in total. The van der Waals surface area contributed by atoms with E-state index >= 15 is 0 Å². The van der Waals surface area contributed by atoms with Crippen molar-refractivity contribution in [1.82, 2.24) is 9.97 Å². The van der Waals surface area contributed by atoms with Gasteiger partial charge in [-0.25, -0.2) is 4.98 Å². The smallest absolute Gasteiger partial charge is 0.113 e. The SMILES string of the molecule is Cl.NC1(c2nc(-c3cccnc3)cs2)CCCC1. The van der Waals surface area contributed by atoms with Crippen LogP contribution in [0, 0.1) is 0 Å². The van der Waals surface area contributed by atoms with Gasteiger partial charge in [0.25, 0.3) is 0 Å². The Morgan fingerprint density at radius 1 is 1.28 bits per heavy atom. The predicted molar refractivity (Wildman–Crippen MR) is 76.9 cm³/mol. The molecule has 0 aromatic carbocycles. The molecule has 18 heavy (non-hydrogen) atoms. The molecule has 3 rings (SSSR count). The van der Waals surface area contributed by atoms with Crippen LogP contribution in [0.25, 0.3) is 11.3 Å². The topological polar surface area (TPSA) is 51.8 Å². The third-order valence-electron chi connectivity index (χ3n) is 3.38. The Balaban J connectivity index is 0.00000120. The maximum atomic E-state index is 6.40. The molecule has 0 aliphatic heterocycles. The van der Waals surface area contributed by atoms with Crippen LogP contribution in [0.15, 0.2) is 29.9 Å². The third-order valence-corrected chi connectivity index (χ3v) is 4.45. The largest absolute Gasteiger partial charge is 0.319 e. The Kier molecular flexibility index (Phi) is 4.00. The number of halogens is 1. The van der Waals surface area contributed by atoms with E-state index in [-0.39, 0.29) is 17.9 Å². The molecule has 1 fully saturated rings. The zero-order valence-electron chi connectivity index (χ0n) is 10.0. The fraction of sp³-hybridized carbons (Fsp3) is 0.385. The first-order chi connectivity index (χ1) is 8.28. The highest BCUT2D eigenvalue weighted by Gasteiger charge is 2.34. The lowest BCUT2D eigenvalue weighted by Gasteiger charge is -2.19. The maximum Gasteiger partial charge on any atom is 0.113 e. The molecule has 0 spiro atoms. The number of nitrogens with two attached hydrogens (primary N) is 1. The highest BCUT2D eigenvalue weighted by atomic mass is 35.5. The summed E-state index contributed by atoms with van der Waals surface area (Å²) in [5.74, 6) is 0. The maximum absolute atomic E-state index is 6.40. The second-order valence-corrected chi connectivity index (χ2v) is 5.50. The first kappa shape index (κ1) is 13.5. The Bertz CT molecular complexity index is 506. The number of rotatable bonds is 2. The van der Waals surface area contributed by atoms with E-state index in [1.165, 1.54) is 12.8 Å². The van der Waals surface area contributed by atoms with Crippen molar-refractivity contribution in [3.8, 4) is 11.3 Å². The molecule has 2 aromatic rings. The van der Waals surface area contributed by atoms with Gasteiger partial charge < -0.3 is 5.73 Å². The van der Waals surface area contributed by atoms with Crippen LogP contribution in [0.2, 0.25) is 0 Å². The molecule has 0 radical (unpaired) electrons. The van der Waals surface area contributed by atoms with E-state index in [1.54, 1.807) is 17.5 Å². The van der Waals surface area contributed by atoms with Crippen LogP contribution in [0.4, 0.5) is 0 Å². The van der Waals surface area contributed by atoms with Crippen molar-refractivity contribution in [3.05, 3.63) is 34.9 Å². The number of nitrogens with zero attached hydrogens (tertiary/aromatic N) is 2. The van der Waals surface area contributed by atoms with Crippen molar-refractivity contribution in [1.29, 1.82) is 0 Å². The molecular formula is C13H16ClN3S. The van der Waals surface area contributed by atoms with Crippen molar-refractivity contribution in [2.45, 2.75) is 31.2 Å². The summed E-state index contributed by atoms with van der Waals surface area (Å²) >= 11 is 1.68. The quantitative estimate of drug-likeness (QED) is 0.918. The first-order valence-electron chi connectivity index (χ1n) is 5.93. The summed E-state index contributed by atoms with van der Waals surface area (Å²) in [6.45, 7) is 0. The van der Waals surface area contributed by atoms with Gasteiger partial charge in [-0.05, 0) is 25.0 Å². The highest BCUT2D eigenvalue weighted by Crippen LogP contribution is 2.38. The van der Waals surface area contributed by atoms with Crippen LogP contribution < -0.4 is 5.73 Å². The van der Waals surface area contributed by atoms with Gasteiger partial charge in [-0.15, -0.1) is 23.7 Å². The number of pyridine rings is 1. The van der Waals surface area contributed by atoms with Gasteiger partial charge in [0.2, 0.25) is 0 Å². The second kappa shape index (κ2) is 5.34. The standard InChI is InChI=1S/C13H15N3S.ClH/c14-13(5-1-2-6-13)12-16-11(9-17-12)10-4-3-7-15-8-10;/h3-4,7-9H,1-2,5-6,14H2;1H. The van der Waals surface area contributed by atoms with Gasteiger partial charge in [0.1, 0.15) is 5.01 Å². The first-order valence-corrected chi connectivity index (χ1v) is 6.81. The van der Waals surface area contributed by atoms with Crippen molar-refractivity contribution < 1.29 is 0 Å². The van der Waals surface area contributed by atoms with E-state index in [1.807, 2.05) is 18.3 Å². The van der Waals surface area contributed by atoms with Gasteiger partial charge in [0, 0.05) is 23.3 Å². The summed E-state index contributed by atoms with van der Waals surface area (Å²) in [6, 6.07) is 3.96. The summed E-state index contributed by atoms with van der Waals surface area (Å²) in [5.41, 5.74) is 8.29. The van der Waals surface area contributed by atoms with Crippen LogP contribution in [-0.2, 0) is 5.54 Å². The minimum absolute atomic E-state index is 0. The van der Waals surface area contributed by atoms with Crippen molar-refractivity contribution >= 4 is 23.7 Å². The number of hydrogen-bond donors (Lipinski definition) is 1. The molecule has 1 aliphatic carbocycles. The molecule has 0 saturated heterocycles. The number of hydrogen-bond acceptors (Lipinski definition) is 4. The monoisotopic (exact) mass is 281 g/mol. The number of aromatic nitrogens is 2. The van der Waals surface area contributed by atoms with Crippen LogP contribution in [0.3, 0.4) is 0 Å². The molecule has 2 aromatic heterocycles. The molecule has 1 saturated carbocycles. The summed E-state index contributed by atoms with van der Waals surface area (Å²) in [6.07, 6.45) is 8.19. The normalized spacial score (nSPS) is 17.4. The van der Waals surface area contributed by atoms with Crippen LogP contribution >= 0.6 is 23.7 Å². The zero-order chi connectivity index (χ0) is 11.7. The molecule has 1 aliphatic rings. The van der Waals surface area contributed by atoms with E-state index in [0.717, 1.165) is 29.1 Å². The van der Waals surface area contributed by atoms with Gasteiger partial charge >= 0.3 is 0 Å². The van der Waals surface area contributed by atoms with Gasteiger partial charge in [-0.3, -0.25) is 4.98 Å². The van der Waals surface area contributed by atoms with Crippen molar-refractivity contribution in [3.63, 3.8) is 0 Å². The molecule has 5 heteroatoms. The molecule has 2 heterocycles. The Morgan fingerprint density at radius 2 is 2.06 bits per heavy atom. The third kappa shape index (κ3) is 2.41. The average Bonchev–Trinajstić information content (AvgIpc) is 2.99. The fourth-order valence-electron chi connectivity index (χ4n) is 2.37.